The van der Waals surface area contributed by atoms with Crippen LogP contribution in [0, 0.1) is 0 Å². The van der Waals surface area contributed by atoms with Crippen LogP contribution in [-0.2, 0) is 16.8 Å². The molecule has 0 saturated heterocycles. The Morgan fingerprint density at radius 1 is 1.29 bits per heavy atom. The second-order valence-corrected chi connectivity index (χ2v) is 5.86. The van der Waals surface area contributed by atoms with Crippen molar-refractivity contribution in [2.24, 2.45) is 0 Å². The number of carbonyl (C=O) groups is 1. The first-order chi connectivity index (χ1) is 9.82. The number of hydrogen-bond acceptors (Lipinski definition) is 4. The molecular formula is C16H19NO4. The molecular weight excluding hydrogens is 270 g/mol. The van der Waals surface area contributed by atoms with Gasteiger partial charge in [0.25, 0.3) is 0 Å². The number of aromatic nitrogens is 1. The van der Waals surface area contributed by atoms with Gasteiger partial charge in [0.2, 0.25) is 11.7 Å². The second-order valence-electron chi connectivity index (χ2n) is 5.86. The molecule has 0 amide bonds. The third-order valence-electron chi connectivity index (χ3n) is 3.17. The van der Waals surface area contributed by atoms with Crippen molar-refractivity contribution in [1.82, 2.24) is 4.98 Å². The summed E-state index contributed by atoms with van der Waals surface area (Å²) in [6, 6.07) is 7.76. The van der Waals surface area contributed by atoms with E-state index >= 15 is 0 Å². The molecule has 0 aliphatic heterocycles. The molecule has 1 heterocycles. The molecule has 2 rings (SSSR count). The van der Waals surface area contributed by atoms with Crippen molar-refractivity contribution >= 4 is 5.97 Å². The summed E-state index contributed by atoms with van der Waals surface area (Å²) in [7, 11) is 1.48. The summed E-state index contributed by atoms with van der Waals surface area (Å²) in [4.78, 5) is 15.3. The molecule has 0 radical (unpaired) electrons. The Morgan fingerprint density at radius 2 is 1.90 bits per heavy atom. The highest BCUT2D eigenvalue weighted by atomic mass is 16.5. The zero-order chi connectivity index (χ0) is 15.6. The van der Waals surface area contributed by atoms with E-state index in [9.17, 15) is 4.79 Å². The fourth-order valence-corrected chi connectivity index (χ4v) is 1.99. The standard InChI is InChI=1S/C16H19NO4/c1-16(2,3)11-7-5-10(6-8-11)14-17-12(9-20-4)13(21-14)15(18)19/h5-8H,9H2,1-4H3,(H,18,19). The van der Waals surface area contributed by atoms with E-state index in [1.54, 1.807) is 0 Å². The Bertz CT molecular complexity index is 635. The van der Waals surface area contributed by atoms with Gasteiger partial charge in [-0.3, -0.25) is 0 Å². The van der Waals surface area contributed by atoms with Crippen LogP contribution in [0.2, 0.25) is 0 Å². The highest BCUT2D eigenvalue weighted by molar-refractivity contribution is 5.86. The van der Waals surface area contributed by atoms with E-state index in [1.165, 1.54) is 12.7 Å². The molecule has 1 N–H and O–H groups in total. The highest BCUT2D eigenvalue weighted by Crippen LogP contribution is 2.27. The summed E-state index contributed by atoms with van der Waals surface area (Å²) in [5.74, 6) is -1.03. The first kappa shape index (κ1) is 15.3. The maximum Gasteiger partial charge on any atom is 0.373 e. The smallest absolute Gasteiger partial charge is 0.373 e. The number of carboxylic acids is 1. The minimum Gasteiger partial charge on any atom is -0.475 e. The average Bonchev–Trinajstić information content (AvgIpc) is 2.82. The zero-order valence-electron chi connectivity index (χ0n) is 12.6. The molecule has 1 aromatic carbocycles. The van der Waals surface area contributed by atoms with E-state index in [0.717, 1.165) is 5.56 Å². The Hall–Kier alpha value is -2.14. The van der Waals surface area contributed by atoms with Gasteiger partial charge in [0, 0.05) is 12.7 Å². The van der Waals surface area contributed by atoms with Gasteiger partial charge in [-0.1, -0.05) is 32.9 Å². The van der Waals surface area contributed by atoms with Crippen molar-refractivity contribution in [2.45, 2.75) is 32.8 Å². The summed E-state index contributed by atoms with van der Waals surface area (Å²) < 4.78 is 10.3. The fraction of sp³-hybridized carbons (Fsp3) is 0.375. The lowest BCUT2D eigenvalue weighted by Crippen LogP contribution is -2.10. The molecule has 0 spiro atoms. The lowest BCUT2D eigenvalue weighted by Gasteiger charge is -2.18. The third kappa shape index (κ3) is 3.31. The van der Waals surface area contributed by atoms with Gasteiger partial charge in [-0.15, -0.1) is 0 Å². The van der Waals surface area contributed by atoms with Crippen LogP contribution in [0.3, 0.4) is 0 Å². The van der Waals surface area contributed by atoms with Gasteiger partial charge in [-0.25, -0.2) is 9.78 Å². The highest BCUT2D eigenvalue weighted by Gasteiger charge is 2.20. The van der Waals surface area contributed by atoms with Gasteiger partial charge >= 0.3 is 5.97 Å². The van der Waals surface area contributed by atoms with Gasteiger partial charge in [-0.2, -0.15) is 0 Å². The summed E-state index contributed by atoms with van der Waals surface area (Å²) in [5.41, 5.74) is 2.28. The maximum atomic E-state index is 11.1. The normalized spacial score (nSPS) is 11.6. The number of rotatable bonds is 4. The third-order valence-corrected chi connectivity index (χ3v) is 3.17. The minimum absolute atomic E-state index is 0.0581. The van der Waals surface area contributed by atoms with Crippen molar-refractivity contribution in [1.29, 1.82) is 0 Å². The van der Waals surface area contributed by atoms with Crippen LogP contribution >= 0.6 is 0 Å². The number of methoxy groups -OCH3 is 1. The van der Waals surface area contributed by atoms with Crippen LogP contribution < -0.4 is 0 Å². The molecule has 0 fully saturated rings. The first-order valence-electron chi connectivity index (χ1n) is 6.66. The van der Waals surface area contributed by atoms with Crippen LogP contribution in [0.5, 0.6) is 0 Å². The molecule has 0 atom stereocenters. The van der Waals surface area contributed by atoms with Gasteiger partial charge in [-0.05, 0) is 23.1 Å². The van der Waals surface area contributed by atoms with Crippen molar-refractivity contribution in [2.75, 3.05) is 7.11 Å². The van der Waals surface area contributed by atoms with Crippen molar-refractivity contribution < 1.29 is 19.1 Å². The second kappa shape index (κ2) is 5.69. The van der Waals surface area contributed by atoms with Gasteiger partial charge in [0.1, 0.15) is 5.69 Å². The lowest BCUT2D eigenvalue weighted by atomic mass is 9.87. The summed E-state index contributed by atoms with van der Waals surface area (Å²) in [5, 5.41) is 9.11. The first-order valence-corrected chi connectivity index (χ1v) is 6.66. The van der Waals surface area contributed by atoms with Crippen molar-refractivity contribution in [3.63, 3.8) is 0 Å². The van der Waals surface area contributed by atoms with Gasteiger partial charge < -0.3 is 14.3 Å². The summed E-state index contributed by atoms with van der Waals surface area (Å²) in [6.07, 6.45) is 0. The molecule has 0 aliphatic rings. The van der Waals surface area contributed by atoms with Crippen LogP contribution in [0.4, 0.5) is 0 Å². The molecule has 21 heavy (non-hydrogen) atoms. The van der Waals surface area contributed by atoms with Gasteiger partial charge in [0.15, 0.2) is 0 Å². The Morgan fingerprint density at radius 3 is 2.38 bits per heavy atom. The monoisotopic (exact) mass is 289 g/mol. The Kier molecular flexibility index (Phi) is 4.14. The topological polar surface area (TPSA) is 72.6 Å². The molecule has 2 aromatic rings. The average molecular weight is 289 g/mol. The van der Waals surface area contributed by atoms with E-state index in [0.29, 0.717) is 11.6 Å². The van der Waals surface area contributed by atoms with Gasteiger partial charge in [0.05, 0.1) is 6.61 Å². The van der Waals surface area contributed by atoms with Crippen LogP contribution in [0.25, 0.3) is 11.5 Å². The molecule has 5 nitrogen and oxygen atoms in total. The number of nitrogens with zero attached hydrogens (tertiary/aromatic N) is 1. The van der Waals surface area contributed by atoms with Crippen LogP contribution in [-0.4, -0.2) is 23.2 Å². The number of aromatic carboxylic acids is 1. The Labute approximate surface area is 123 Å². The molecule has 0 unspecified atom stereocenters. The quantitative estimate of drug-likeness (QED) is 0.932. The Balaban J connectivity index is 2.38. The predicted octanol–water partition coefficient (Wildman–Crippen LogP) is 3.48. The number of hydrogen-bond donors (Lipinski definition) is 1. The van der Waals surface area contributed by atoms with E-state index in [2.05, 4.69) is 25.8 Å². The SMILES string of the molecule is COCc1nc(-c2ccc(C(C)(C)C)cc2)oc1C(=O)O. The van der Waals surface area contributed by atoms with E-state index in [4.69, 9.17) is 14.3 Å². The summed E-state index contributed by atoms with van der Waals surface area (Å²) >= 11 is 0. The minimum atomic E-state index is -1.15. The summed E-state index contributed by atoms with van der Waals surface area (Å²) in [6.45, 7) is 6.50. The molecule has 0 bridgehead atoms. The molecule has 0 saturated carbocycles. The molecule has 5 heteroatoms. The maximum absolute atomic E-state index is 11.1. The fourth-order valence-electron chi connectivity index (χ4n) is 1.99. The number of benzene rings is 1. The number of carboxylic acid groups (broad SMARTS) is 1. The number of ether oxygens (including phenoxy) is 1. The van der Waals surface area contributed by atoms with E-state index < -0.39 is 5.97 Å². The zero-order valence-corrected chi connectivity index (χ0v) is 12.6. The van der Waals surface area contributed by atoms with Crippen LogP contribution in [0.1, 0.15) is 42.6 Å². The van der Waals surface area contributed by atoms with Crippen molar-refractivity contribution in [3.8, 4) is 11.5 Å². The van der Waals surface area contributed by atoms with Crippen LogP contribution in [0.15, 0.2) is 28.7 Å². The lowest BCUT2D eigenvalue weighted by molar-refractivity contribution is 0.0656. The van der Waals surface area contributed by atoms with E-state index in [-0.39, 0.29) is 17.8 Å². The molecule has 112 valence electrons. The van der Waals surface area contributed by atoms with E-state index in [1.807, 2.05) is 24.3 Å². The van der Waals surface area contributed by atoms with Crippen molar-refractivity contribution in [3.05, 3.63) is 41.3 Å². The largest absolute Gasteiger partial charge is 0.475 e. The predicted molar refractivity (Wildman–Crippen MR) is 78.3 cm³/mol. The number of oxazole rings is 1. The molecule has 1 aromatic heterocycles. The molecule has 0 aliphatic carbocycles.